The maximum Gasteiger partial charge on any atom is 0.373 e. The average molecular weight is 251 g/mol. The summed E-state index contributed by atoms with van der Waals surface area (Å²) in [5.74, 6) is 0.353. The van der Waals surface area contributed by atoms with Crippen molar-refractivity contribution < 1.29 is 23.4 Å². The summed E-state index contributed by atoms with van der Waals surface area (Å²) >= 11 is 0. The molecule has 6 heteroatoms. The number of hydrogen-bond acceptors (Lipinski definition) is 6. The van der Waals surface area contributed by atoms with Gasteiger partial charge in [-0.15, -0.1) is 0 Å². The Labute approximate surface area is 103 Å². The number of nitrogens with two attached hydrogens (primary N) is 1. The molecule has 1 heterocycles. The minimum atomic E-state index is -0.575. The van der Waals surface area contributed by atoms with Gasteiger partial charge < -0.3 is 24.4 Å². The smallest absolute Gasteiger partial charge is 0.373 e. The molecule has 0 saturated heterocycles. The number of esters is 1. The Bertz CT molecular complexity index is 602. The molecule has 0 fully saturated rings. The van der Waals surface area contributed by atoms with E-state index >= 15 is 0 Å². The molecule has 1 aromatic carbocycles. The molecule has 0 aliphatic heterocycles. The first-order chi connectivity index (χ1) is 8.62. The molecule has 0 saturated carbocycles. The van der Waals surface area contributed by atoms with Crippen molar-refractivity contribution in [2.75, 3.05) is 27.1 Å². The number of ether oxygens (including phenoxy) is 3. The van der Waals surface area contributed by atoms with Crippen LogP contribution in [0.1, 0.15) is 10.6 Å². The van der Waals surface area contributed by atoms with Crippen LogP contribution in [0.15, 0.2) is 16.5 Å². The molecule has 0 atom stereocenters. The molecule has 0 aliphatic carbocycles. The van der Waals surface area contributed by atoms with Crippen LogP contribution in [0.2, 0.25) is 0 Å². The third-order valence-corrected chi connectivity index (χ3v) is 2.56. The predicted octanol–water partition coefficient (Wildman–Crippen LogP) is 1.82. The summed E-state index contributed by atoms with van der Waals surface area (Å²) in [4.78, 5) is 11.4. The molecule has 2 rings (SSSR count). The van der Waals surface area contributed by atoms with E-state index in [0.29, 0.717) is 28.2 Å². The Hall–Kier alpha value is -2.37. The summed E-state index contributed by atoms with van der Waals surface area (Å²) in [6, 6.07) is 3.09. The molecule has 0 spiro atoms. The molecule has 0 radical (unpaired) electrons. The third kappa shape index (κ3) is 1.71. The Morgan fingerprint density at radius 2 is 1.94 bits per heavy atom. The highest BCUT2D eigenvalue weighted by atomic mass is 16.5. The maximum atomic E-state index is 11.4. The van der Waals surface area contributed by atoms with Crippen molar-refractivity contribution in [3.05, 3.63) is 17.9 Å². The largest absolute Gasteiger partial charge is 0.494 e. The molecule has 18 heavy (non-hydrogen) atoms. The van der Waals surface area contributed by atoms with Gasteiger partial charge in [0, 0.05) is 12.1 Å². The zero-order valence-electron chi connectivity index (χ0n) is 10.3. The highest BCUT2D eigenvalue weighted by Gasteiger charge is 2.20. The Balaban J connectivity index is 2.75. The number of hydrogen-bond donors (Lipinski definition) is 1. The van der Waals surface area contributed by atoms with E-state index in [1.165, 1.54) is 27.4 Å². The first-order valence-electron chi connectivity index (χ1n) is 5.14. The number of benzene rings is 1. The topological polar surface area (TPSA) is 83.9 Å². The van der Waals surface area contributed by atoms with Crippen molar-refractivity contribution in [3.63, 3.8) is 0 Å². The van der Waals surface area contributed by atoms with Crippen molar-refractivity contribution in [3.8, 4) is 11.5 Å². The van der Waals surface area contributed by atoms with Crippen molar-refractivity contribution in [1.82, 2.24) is 0 Å². The van der Waals surface area contributed by atoms with Gasteiger partial charge in [-0.25, -0.2) is 4.79 Å². The number of nitrogen functional groups attached to an aromatic ring is 1. The zero-order valence-corrected chi connectivity index (χ0v) is 10.3. The van der Waals surface area contributed by atoms with E-state index < -0.39 is 5.97 Å². The predicted molar refractivity (Wildman–Crippen MR) is 65.1 cm³/mol. The molecular formula is C12H13NO5. The quantitative estimate of drug-likeness (QED) is 0.661. The molecule has 0 amide bonds. The summed E-state index contributed by atoms with van der Waals surface area (Å²) in [5.41, 5.74) is 6.62. The van der Waals surface area contributed by atoms with Gasteiger partial charge in [0.15, 0.2) is 17.1 Å². The van der Waals surface area contributed by atoms with Crippen LogP contribution in [0.3, 0.4) is 0 Å². The van der Waals surface area contributed by atoms with Gasteiger partial charge in [-0.05, 0) is 0 Å². The van der Waals surface area contributed by atoms with Crippen molar-refractivity contribution in [2.24, 2.45) is 0 Å². The fourth-order valence-corrected chi connectivity index (χ4v) is 1.75. The number of fused-ring (bicyclic) bond motifs is 1. The summed E-state index contributed by atoms with van der Waals surface area (Å²) in [5, 5.41) is 0.565. The van der Waals surface area contributed by atoms with E-state index in [1.54, 1.807) is 6.07 Å². The number of rotatable bonds is 3. The molecule has 2 N–H and O–H groups in total. The maximum absolute atomic E-state index is 11.4. The molecule has 96 valence electrons. The second kappa shape index (κ2) is 4.48. The lowest BCUT2D eigenvalue weighted by molar-refractivity contribution is 0.0567. The molecule has 0 unspecified atom stereocenters. The Kier molecular flexibility index (Phi) is 3.01. The molecule has 0 bridgehead atoms. The standard InChI is InChI=1S/C12H13NO5/c1-15-8-5-7(13)10(16-2)6-4-9(12(14)17-3)18-11(6)8/h4-5H,13H2,1-3H3. The lowest BCUT2D eigenvalue weighted by atomic mass is 10.2. The SMILES string of the molecule is COC(=O)c1cc2c(OC)c(N)cc(OC)c2o1. The first-order valence-corrected chi connectivity index (χ1v) is 5.14. The van der Waals surface area contributed by atoms with E-state index in [1.807, 2.05) is 0 Å². The van der Waals surface area contributed by atoms with Crippen LogP contribution in [-0.4, -0.2) is 27.3 Å². The van der Waals surface area contributed by atoms with Crippen LogP contribution in [0.4, 0.5) is 5.69 Å². The minimum absolute atomic E-state index is 0.0645. The summed E-state index contributed by atoms with van der Waals surface area (Å²) in [7, 11) is 4.25. The number of anilines is 1. The van der Waals surface area contributed by atoms with Gasteiger partial charge in [-0.2, -0.15) is 0 Å². The number of methoxy groups -OCH3 is 3. The number of carbonyl (C=O) groups is 1. The van der Waals surface area contributed by atoms with Crippen LogP contribution in [0.5, 0.6) is 11.5 Å². The lowest BCUT2D eigenvalue weighted by Crippen LogP contribution is -1.98. The van der Waals surface area contributed by atoms with Crippen LogP contribution in [-0.2, 0) is 4.74 Å². The van der Waals surface area contributed by atoms with Crippen LogP contribution in [0, 0.1) is 0 Å². The normalized spacial score (nSPS) is 10.4. The summed E-state index contributed by atoms with van der Waals surface area (Å²) < 4.78 is 20.3. The van der Waals surface area contributed by atoms with Crippen molar-refractivity contribution >= 4 is 22.6 Å². The highest BCUT2D eigenvalue weighted by molar-refractivity contribution is 5.99. The van der Waals surface area contributed by atoms with Gasteiger partial charge >= 0.3 is 5.97 Å². The fourth-order valence-electron chi connectivity index (χ4n) is 1.75. The monoisotopic (exact) mass is 251 g/mol. The van der Waals surface area contributed by atoms with Crippen LogP contribution < -0.4 is 15.2 Å². The van der Waals surface area contributed by atoms with E-state index in [-0.39, 0.29) is 5.76 Å². The van der Waals surface area contributed by atoms with E-state index in [4.69, 9.17) is 19.6 Å². The molecule has 2 aromatic rings. The zero-order chi connectivity index (χ0) is 13.3. The minimum Gasteiger partial charge on any atom is -0.494 e. The van der Waals surface area contributed by atoms with Crippen LogP contribution >= 0.6 is 0 Å². The second-order valence-corrected chi connectivity index (χ2v) is 3.55. The van der Waals surface area contributed by atoms with Crippen molar-refractivity contribution in [2.45, 2.75) is 0 Å². The van der Waals surface area contributed by atoms with Gasteiger partial charge in [-0.1, -0.05) is 0 Å². The van der Waals surface area contributed by atoms with Gasteiger partial charge in [-0.3, -0.25) is 0 Å². The molecular weight excluding hydrogens is 238 g/mol. The fraction of sp³-hybridized carbons (Fsp3) is 0.250. The van der Waals surface area contributed by atoms with Crippen LogP contribution in [0.25, 0.3) is 11.0 Å². The average Bonchev–Trinajstić information content (AvgIpc) is 2.81. The molecule has 1 aromatic heterocycles. The molecule has 0 aliphatic rings. The first kappa shape index (κ1) is 12.1. The summed E-state index contributed by atoms with van der Waals surface area (Å²) in [6.07, 6.45) is 0. The van der Waals surface area contributed by atoms with E-state index in [0.717, 1.165) is 0 Å². The Morgan fingerprint density at radius 1 is 1.22 bits per heavy atom. The summed E-state index contributed by atoms with van der Waals surface area (Å²) in [6.45, 7) is 0. The van der Waals surface area contributed by atoms with Gasteiger partial charge in [0.25, 0.3) is 0 Å². The van der Waals surface area contributed by atoms with E-state index in [9.17, 15) is 4.79 Å². The third-order valence-electron chi connectivity index (χ3n) is 2.56. The van der Waals surface area contributed by atoms with Gasteiger partial charge in [0.05, 0.1) is 32.4 Å². The molecule has 6 nitrogen and oxygen atoms in total. The van der Waals surface area contributed by atoms with E-state index in [2.05, 4.69) is 4.74 Å². The second-order valence-electron chi connectivity index (χ2n) is 3.55. The number of carbonyl (C=O) groups excluding carboxylic acids is 1. The van der Waals surface area contributed by atoms with Crippen molar-refractivity contribution in [1.29, 1.82) is 0 Å². The van der Waals surface area contributed by atoms with Gasteiger partial charge in [0.1, 0.15) is 0 Å². The van der Waals surface area contributed by atoms with Gasteiger partial charge in [0.2, 0.25) is 5.76 Å². The highest BCUT2D eigenvalue weighted by Crippen LogP contribution is 2.40. The number of furan rings is 1. The lowest BCUT2D eigenvalue weighted by Gasteiger charge is -2.08. The Morgan fingerprint density at radius 3 is 2.50 bits per heavy atom.